The van der Waals surface area contributed by atoms with Crippen LogP contribution in [-0.4, -0.2) is 38.0 Å². The summed E-state index contributed by atoms with van der Waals surface area (Å²) in [5.41, 5.74) is -1.58. The standard InChI is InChI=1S/C17H20ClF3N4O2/c1-3-5-22-9-14(26)24-12-7-11(17(19,20)21)8-13(16(12)18)25-15(27)10-23-6-4-2/h3-4,7-8,22-23H,1-2,5-6,9-10H2,(H,24,26)(H,25,27). The maximum atomic E-state index is 13.1. The number of hydrogen-bond acceptors (Lipinski definition) is 4. The highest BCUT2D eigenvalue weighted by Crippen LogP contribution is 2.38. The molecule has 27 heavy (non-hydrogen) atoms. The minimum atomic E-state index is -4.69. The Morgan fingerprint density at radius 2 is 1.37 bits per heavy atom. The third kappa shape index (κ3) is 7.81. The van der Waals surface area contributed by atoms with E-state index in [9.17, 15) is 22.8 Å². The van der Waals surface area contributed by atoms with Gasteiger partial charge in [-0.3, -0.25) is 9.59 Å². The molecule has 4 N–H and O–H groups in total. The molecule has 0 aliphatic rings. The molecule has 2 amide bonds. The van der Waals surface area contributed by atoms with E-state index in [1.54, 1.807) is 0 Å². The molecule has 6 nitrogen and oxygen atoms in total. The number of amides is 2. The van der Waals surface area contributed by atoms with Crippen LogP contribution in [0.4, 0.5) is 24.5 Å². The van der Waals surface area contributed by atoms with Gasteiger partial charge in [0.2, 0.25) is 11.8 Å². The molecule has 0 heterocycles. The normalized spacial score (nSPS) is 11.0. The van der Waals surface area contributed by atoms with Crippen molar-refractivity contribution in [3.8, 4) is 0 Å². The highest BCUT2D eigenvalue weighted by atomic mass is 35.5. The number of benzene rings is 1. The molecule has 10 heteroatoms. The number of carbonyl (C=O) groups excluding carboxylic acids is 2. The number of halogens is 4. The average molecular weight is 405 g/mol. The summed E-state index contributed by atoms with van der Waals surface area (Å²) < 4.78 is 39.4. The molecule has 0 saturated carbocycles. The molecule has 0 spiro atoms. The third-order valence-corrected chi connectivity index (χ3v) is 3.50. The number of anilines is 2. The van der Waals surface area contributed by atoms with Crippen LogP contribution < -0.4 is 21.3 Å². The van der Waals surface area contributed by atoms with Crippen molar-refractivity contribution in [3.63, 3.8) is 0 Å². The van der Waals surface area contributed by atoms with E-state index < -0.39 is 23.6 Å². The quantitative estimate of drug-likeness (QED) is 0.357. The lowest BCUT2D eigenvalue weighted by Crippen LogP contribution is -2.29. The van der Waals surface area contributed by atoms with Gasteiger partial charge in [-0.25, -0.2) is 0 Å². The Morgan fingerprint density at radius 3 is 1.70 bits per heavy atom. The van der Waals surface area contributed by atoms with Crippen LogP contribution in [0.5, 0.6) is 0 Å². The van der Waals surface area contributed by atoms with Gasteiger partial charge < -0.3 is 21.3 Å². The first-order valence-corrected chi connectivity index (χ1v) is 8.20. The van der Waals surface area contributed by atoms with Gasteiger partial charge in [-0.05, 0) is 12.1 Å². The Kier molecular flexibility index (Phi) is 8.99. The fourth-order valence-corrected chi connectivity index (χ4v) is 2.14. The Morgan fingerprint density at radius 1 is 0.963 bits per heavy atom. The monoisotopic (exact) mass is 404 g/mol. The molecule has 0 unspecified atom stereocenters. The summed E-state index contributed by atoms with van der Waals surface area (Å²) in [5.74, 6) is -1.19. The van der Waals surface area contributed by atoms with Crippen molar-refractivity contribution in [1.82, 2.24) is 10.6 Å². The smallest absolute Gasteiger partial charge is 0.324 e. The zero-order chi connectivity index (χ0) is 20.4. The number of alkyl halides is 3. The first-order valence-electron chi connectivity index (χ1n) is 7.82. The molecule has 0 aromatic heterocycles. The molecule has 0 fully saturated rings. The number of carbonyl (C=O) groups is 2. The Bertz CT molecular complexity index is 659. The van der Waals surface area contributed by atoms with Crippen LogP contribution in [0.3, 0.4) is 0 Å². The SMILES string of the molecule is C=CCNCC(=O)Nc1cc(C(F)(F)F)cc(NC(=O)CNCC=C)c1Cl. The van der Waals surface area contributed by atoms with Crippen LogP contribution in [0, 0.1) is 0 Å². The summed E-state index contributed by atoms with van der Waals surface area (Å²) in [6, 6.07) is 1.42. The Labute approximate surface area is 159 Å². The van der Waals surface area contributed by atoms with Gasteiger partial charge in [0.1, 0.15) is 0 Å². The second-order valence-electron chi connectivity index (χ2n) is 5.32. The second-order valence-corrected chi connectivity index (χ2v) is 5.70. The number of nitrogens with one attached hydrogen (secondary N) is 4. The maximum absolute atomic E-state index is 13.1. The van der Waals surface area contributed by atoms with Crippen molar-refractivity contribution in [3.05, 3.63) is 48.0 Å². The van der Waals surface area contributed by atoms with Gasteiger partial charge in [-0.15, -0.1) is 13.2 Å². The van der Waals surface area contributed by atoms with Crippen molar-refractivity contribution in [2.45, 2.75) is 6.18 Å². The zero-order valence-corrected chi connectivity index (χ0v) is 15.1. The summed E-state index contributed by atoms with van der Waals surface area (Å²) in [6.07, 6.45) is -1.64. The van der Waals surface area contributed by atoms with E-state index in [0.717, 1.165) is 0 Å². The van der Waals surface area contributed by atoms with Crippen LogP contribution >= 0.6 is 11.6 Å². The van der Waals surface area contributed by atoms with E-state index in [1.165, 1.54) is 12.2 Å². The average Bonchev–Trinajstić information content (AvgIpc) is 2.57. The lowest BCUT2D eigenvalue weighted by Gasteiger charge is -2.16. The van der Waals surface area contributed by atoms with Crippen LogP contribution in [0.25, 0.3) is 0 Å². The summed E-state index contributed by atoms with van der Waals surface area (Å²) >= 11 is 6.07. The summed E-state index contributed by atoms with van der Waals surface area (Å²) in [6.45, 7) is 7.34. The minimum absolute atomic E-state index is 0.147. The van der Waals surface area contributed by atoms with Crippen LogP contribution in [0.1, 0.15) is 5.56 Å². The lowest BCUT2D eigenvalue weighted by molar-refractivity contribution is -0.137. The van der Waals surface area contributed by atoms with Crippen LogP contribution in [0.15, 0.2) is 37.4 Å². The topological polar surface area (TPSA) is 82.3 Å². The van der Waals surface area contributed by atoms with E-state index in [0.29, 0.717) is 25.2 Å². The van der Waals surface area contributed by atoms with Gasteiger partial charge in [-0.2, -0.15) is 13.2 Å². The molecule has 0 saturated heterocycles. The van der Waals surface area contributed by atoms with Crippen molar-refractivity contribution in [1.29, 1.82) is 0 Å². The molecule has 1 rings (SSSR count). The van der Waals surface area contributed by atoms with E-state index in [2.05, 4.69) is 34.4 Å². The largest absolute Gasteiger partial charge is 0.416 e. The fourth-order valence-electron chi connectivity index (χ4n) is 1.93. The number of rotatable bonds is 10. The third-order valence-electron chi connectivity index (χ3n) is 3.10. The van der Waals surface area contributed by atoms with Crippen LogP contribution in [0.2, 0.25) is 5.02 Å². The van der Waals surface area contributed by atoms with Crippen molar-refractivity contribution in [2.24, 2.45) is 0 Å². The summed E-state index contributed by atoms with van der Waals surface area (Å²) in [7, 11) is 0. The molecule has 0 aliphatic carbocycles. The summed E-state index contributed by atoms with van der Waals surface area (Å²) in [5, 5.41) is 9.82. The molecule has 0 radical (unpaired) electrons. The van der Waals surface area contributed by atoms with Crippen molar-refractivity contribution < 1.29 is 22.8 Å². The van der Waals surface area contributed by atoms with Gasteiger partial charge in [-0.1, -0.05) is 23.8 Å². The van der Waals surface area contributed by atoms with E-state index in [4.69, 9.17) is 11.6 Å². The van der Waals surface area contributed by atoms with E-state index in [-0.39, 0.29) is 29.5 Å². The highest BCUT2D eigenvalue weighted by Gasteiger charge is 2.32. The molecule has 0 aliphatic heterocycles. The molecular formula is C17H20ClF3N4O2. The van der Waals surface area contributed by atoms with E-state index >= 15 is 0 Å². The first-order chi connectivity index (χ1) is 12.7. The van der Waals surface area contributed by atoms with Crippen LogP contribution in [-0.2, 0) is 15.8 Å². The molecular weight excluding hydrogens is 385 g/mol. The molecule has 1 aromatic carbocycles. The lowest BCUT2D eigenvalue weighted by atomic mass is 10.1. The van der Waals surface area contributed by atoms with Gasteiger partial charge in [0, 0.05) is 13.1 Å². The fraction of sp³-hybridized carbons (Fsp3) is 0.294. The Balaban J connectivity index is 3.04. The minimum Gasteiger partial charge on any atom is -0.324 e. The van der Waals surface area contributed by atoms with Gasteiger partial charge >= 0.3 is 6.18 Å². The molecule has 0 bridgehead atoms. The Hall–Kier alpha value is -2.36. The molecule has 1 aromatic rings. The van der Waals surface area contributed by atoms with Crippen molar-refractivity contribution >= 4 is 34.8 Å². The van der Waals surface area contributed by atoms with Gasteiger partial charge in [0.05, 0.1) is 35.1 Å². The number of hydrogen-bond donors (Lipinski definition) is 4. The van der Waals surface area contributed by atoms with Gasteiger partial charge in [0.25, 0.3) is 0 Å². The predicted octanol–water partition coefficient (Wildman–Crippen LogP) is 2.79. The molecule has 0 atom stereocenters. The van der Waals surface area contributed by atoms with E-state index in [1.807, 2.05) is 0 Å². The van der Waals surface area contributed by atoms with Gasteiger partial charge in [0.15, 0.2) is 0 Å². The highest BCUT2D eigenvalue weighted by molar-refractivity contribution is 6.37. The first kappa shape index (κ1) is 22.7. The summed E-state index contributed by atoms with van der Waals surface area (Å²) in [4.78, 5) is 23.7. The second kappa shape index (κ2) is 10.7. The maximum Gasteiger partial charge on any atom is 0.416 e. The zero-order valence-electron chi connectivity index (χ0n) is 14.4. The van der Waals surface area contributed by atoms with Crippen molar-refractivity contribution in [2.75, 3.05) is 36.8 Å². The molecule has 148 valence electrons. The predicted molar refractivity (Wildman–Crippen MR) is 99.8 cm³/mol.